The lowest BCUT2D eigenvalue weighted by atomic mass is 9.95. The molecule has 2 aromatic rings. The van der Waals surface area contributed by atoms with E-state index in [4.69, 9.17) is 0 Å². The number of nitrogens with zero attached hydrogens (tertiary/aromatic N) is 5. The average Bonchev–Trinajstić information content (AvgIpc) is 2.66. The molecule has 2 aliphatic heterocycles. The Hall–Kier alpha value is -1.89. The molecule has 0 aromatic carbocycles. The van der Waals surface area contributed by atoms with Crippen molar-refractivity contribution in [3.63, 3.8) is 0 Å². The Kier molecular flexibility index (Phi) is 4.40. The predicted molar refractivity (Wildman–Crippen MR) is 105 cm³/mol. The first-order chi connectivity index (χ1) is 12.8. The van der Waals surface area contributed by atoms with E-state index in [1.807, 2.05) is 11.8 Å². The molecule has 1 N–H and O–H groups in total. The van der Waals surface area contributed by atoms with Gasteiger partial charge in [0.1, 0.15) is 5.82 Å². The number of nitrogens with one attached hydrogen (secondary N) is 1. The molecule has 1 fully saturated rings. The zero-order valence-electron chi connectivity index (χ0n) is 14.9. The fourth-order valence-electron chi connectivity index (χ4n) is 4.00. The molecule has 0 spiro atoms. The maximum atomic E-state index is 4.45. The minimum absolute atomic E-state index is 0.625. The van der Waals surface area contributed by atoms with Crippen molar-refractivity contribution in [3.8, 4) is 0 Å². The molecule has 0 atom stereocenters. The van der Waals surface area contributed by atoms with Crippen LogP contribution in [0, 0.1) is 5.92 Å². The minimum atomic E-state index is 0.625. The third-order valence-electron chi connectivity index (χ3n) is 5.61. The third kappa shape index (κ3) is 3.24. The number of anilines is 2. The molecule has 5 rings (SSSR count). The van der Waals surface area contributed by atoms with E-state index in [-0.39, 0.29) is 0 Å². The van der Waals surface area contributed by atoms with Gasteiger partial charge in [0.25, 0.3) is 0 Å². The van der Waals surface area contributed by atoms with Gasteiger partial charge in [-0.05, 0) is 54.7 Å². The van der Waals surface area contributed by atoms with E-state index in [0.29, 0.717) is 5.92 Å². The quantitative estimate of drug-likeness (QED) is 0.889. The molecule has 6 nitrogen and oxygen atoms in total. The van der Waals surface area contributed by atoms with Crippen LogP contribution in [0.1, 0.15) is 35.4 Å². The van der Waals surface area contributed by atoms with E-state index in [2.05, 4.69) is 42.7 Å². The second-order valence-electron chi connectivity index (χ2n) is 7.54. The Labute approximate surface area is 158 Å². The van der Waals surface area contributed by atoms with Crippen molar-refractivity contribution >= 4 is 23.4 Å². The van der Waals surface area contributed by atoms with Gasteiger partial charge < -0.3 is 10.2 Å². The van der Waals surface area contributed by atoms with Gasteiger partial charge in [0.2, 0.25) is 0 Å². The lowest BCUT2D eigenvalue weighted by Gasteiger charge is -2.40. The summed E-state index contributed by atoms with van der Waals surface area (Å²) in [5, 5.41) is 21.1. The lowest BCUT2D eigenvalue weighted by Crippen LogP contribution is -2.50. The second kappa shape index (κ2) is 7.02. The molecule has 136 valence electrons. The summed E-state index contributed by atoms with van der Waals surface area (Å²) in [5.41, 5.74) is 5.14. The Balaban J connectivity index is 1.15. The lowest BCUT2D eigenvalue weighted by molar-refractivity contribution is 0.424. The summed E-state index contributed by atoms with van der Waals surface area (Å²) in [6.07, 6.45) is 5.84. The Bertz CT molecular complexity index is 802. The van der Waals surface area contributed by atoms with Crippen molar-refractivity contribution in [1.29, 1.82) is 0 Å². The highest BCUT2D eigenvalue weighted by atomic mass is 32.2. The van der Waals surface area contributed by atoms with Crippen LogP contribution < -0.4 is 10.2 Å². The SMILES string of the molecule is c1c(NCC2CN(c3cc4c(nn3)CCCC4)C2)nnc2c1CSCC2. The molecule has 0 unspecified atom stereocenters. The fourth-order valence-corrected chi connectivity index (χ4v) is 4.95. The zero-order valence-corrected chi connectivity index (χ0v) is 15.8. The first kappa shape index (κ1) is 16.3. The molecule has 26 heavy (non-hydrogen) atoms. The van der Waals surface area contributed by atoms with E-state index in [9.17, 15) is 0 Å². The summed E-state index contributed by atoms with van der Waals surface area (Å²) in [6.45, 7) is 3.01. The largest absolute Gasteiger partial charge is 0.368 e. The monoisotopic (exact) mass is 368 g/mol. The molecule has 0 saturated carbocycles. The molecular formula is C19H24N6S. The molecule has 0 bridgehead atoms. The molecule has 2 aromatic heterocycles. The van der Waals surface area contributed by atoms with Gasteiger partial charge in [0.15, 0.2) is 5.82 Å². The summed E-state index contributed by atoms with van der Waals surface area (Å²) in [4.78, 5) is 2.34. The molecule has 3 aliphatic rings. The van der Waals surface area contributed by atoms with Crippen LogP contribution in [0.15, 0.2) is 12.1 Å². The van der Waals surface area contributed by atoms with Crippen molar-refractivity contribution < 1.29 is 0 Å². The van der Waals surface area contributed by atoms with Crippen molar-refractivity contribution in [1.82, 2.24) is 20.4 Å². The second-order valence-corrected chi connectivity index (χ2v) is 8.64. The number of aryl methyl sites for hydroxylation is 3. The van der Waals surface area contributed by atoms with Crippen molar-refractivity contribution in [3.05, 3.63) is 34.6 Å². The molecule has 1 saturated heterocycles. The maximum absolute atomic E-state index is 4.45. The van der Waals surface area contributed by atoms with E-state index >= 15 is 0 Å². The Morgan fingerprint density at radius 1 is 0.962 bits per heavy atom. The first-order valence-electron chi connectivity index (χ1n) is 9.63. The van der Waals surface area contributed by atoms with Crippen LogP contribution in [0.4, 0.5) is 11.6 Å². The fraction of sp³-hybridized carbons (Fsp3) is 0.579. The van der Waals surface area contributed by atoms with Crippen LogP contribution >= 0.6 is 11.8 Å². The molecular weight excluding hydrogens is 344 g/mol. The van der Waals surface area contributed by atoms with Gasteiger partial charge in [-0.1, -0.05) is 0 Å². The molecule has 1 aliphatic carbocycles. The first-order valence-corrected chi connectivity index (χ1v) is 10.8. The normalized spacial score (nSPS) is 19.5. The highest BCUT2D eigenvalue weighted by Crippen LogP contribution is 2.27. The van der Waals surface area contributed by atoms with Gasteiger partial charge in [-0.3, -0.25) is 0 Å². The van der Waals surface area contributed by atoms with Crippen LogP contribution in [0.25, 0.3) is 0 Å². The van der Waals surface area contributed by atoms with Gasteiger partial charge >= 0.3 is 0 Å². The Morgan fingerprint density at radius 3 is 2.77 bits per heavy atom. The number of rotatable bonds is 4. The van der Waals surface area contributed by atoms with E-state index < -0.39 is 0 Å². The number of fused-ring (bicyclic) bond motifs is 2. The van der Waals surface area contributed by atoms with E-state index in [0.717, 1.165) is 62.0 Å². The maximum Gasteiger partial charge on any atom is 0.151 e. The molecule has 7 heteroatoms. The van der Waals surface area contributed by atoms with Gasteiger partial charge in [-0.15, -0.1) is 10.2 Å². The zero-order chi connectivity index (χ0) is 17.3. The number of thioether (sulfide) groups is 1. The third-order valence-corrected chi connectivity index (χ3v) is 6.62. The standard InChI is InChI=1S/C19H24N6S/c1-2-4-16-14(3-1)8-19(24-22-16)25-10-13(11-25)9-20-18-7-15-12-26-6-5-17(15)21-23-18/h7-8,13H,1-6,9-12H2,(H,20,23). The predicted octanol–water partition coefficient (Wildman–Crippen LogP) is 2.48. The van der Waals surface area contributed by atoms with Crippen LogP contribution in [-0.2, 0) is 25.0 Å². The number of hydrogen-bond donors (Lipinski definition) is 1. The topological polar surface area (TPSA) is 66.8 Å². The van der Waals surface area contributed by atoms with Crippen molar-refractivity contribution in [2.45, 2.75) is 37.9 Å². The minimum Gasteiger partial charge on any atom is -0.368 e. The van der Waals surface area contributed by atoms with E-state index in [1.54, 1.807) is 0 Å². The molecule has 0 amide bonds. The summed E-state index contributed by atoms with van der Waals surface area (Å²) in [5.74, 6) is 4.82. The van der Waals surface area contributed by atoms with Crippen molar-refractivity contribution in [2.75, 3.05) is 35.6 Å². The Morgan fingerprint density at radius 2 is 1.81 bits per heavy atom. The smallest absolute Gasteiger partial charge is 0.151 e. The number of aromatic nitrogens is 4. The highest BCUT2D eigenvalue weighted by molar-refractivity contribution is 7.98. The summed E-state index contributed by atoms with van der Waals surface area (Å²) in [6, 6.07) is 4.44. The number of hydrogen-bond acceptors (Lipinski definition) is 7. The highest BCUT2D eigenvalue weighted by Gasteiger charge is 2.28. The molecule has 4 heterocycles. The van der Waals surface area contributed by atoms with Crippen LogP contribution in [0.5, 0.6) is 0 Å². The molecule has 0 radical (unpaired) electrons. The van der Waals surface area contributed by atoms with Crippen LogP contribution in [0.3, 0.4) is 0 Å². The summed E-state index contributed by atoms with van der Waals surface area (Å²) < 4.78 is 0. The summed E-state index contributed by atoms with van der Waals surface area (Å²) in [7, 11) is 0. The van der Waals surface area contributed by atoms with Gasteiger partial charge in [0.05, 0.1) is 11.4 Å². The average molecular weight is 369 g/mol. The van der Waals surface area contributed by atoms with Crippen molar-refractivity contribution in [2.24, 2.45) is 5.92 Å². The van der Waals surface area contributed by atoms with Gasteiger partial charge in [-0.25, -0.2) is 0 Å². The summed E-state index contributed by atoms with van der Waals surface area (Å²) >= 11 is 1.98. The van der Waals surface area contributed by atoms with Crippen LogP contribution in [-0.4, -0.2) is 45.8 Å². The van der Waals surface area contributed by atoms with Gasteiger partial charge in [-0.2, -0.15) is 22.0 Å². The van der Waals surface area contributed by atoms with Gasteiger partial charge in [0, 0.05) is 37.7 Å². The van der Waals surface area contributed by atoms with E-state index in [1.165, 1.54) is 35.4 Å². The van der Waals surface area contributed by atoms with Crippen LogP contribution in [0.2, 0.25) is 0 Å².